The average Bonchev–Trinajstić information content (AvgIpc) is 2.65. The summed E-state index contributed by atoms with van der Waals surface area (Å²) in [5, 5.41) is -0.130. The first kappa shape index (κ1) is 27.6. The molecule has 0 aliphatic rings. The van der Waals surface area contributed by atoms with E-state index < -0.39 is 44.9 Å². The Hall–Kier alpha value is -2.66. The predicted octanol–water partition coefficient (Wildman–Crippen LogP) is 5.97. The van der Waals surface area contributed by atoms with Crippen LogP contribution in [-0.4, -0.2) is 32.1 Å². The van der Waals surface area contributed by atoms with Gasteiger partial charge >= 0.3 is 21.6 Å². The van der Waals surface area contributed by atoms with Crippen molar-refractivity contribution < 1.29 is 44.4 Å². The molecule has 188 valence electrons. The van der Waals surface area contributed by atoms with Crippen LogP contribution in [0.4, 0.5) is 17.6 Å². The van der Waals surface area contributed by atoms with E-state index in [-0.39, 0.29) is 34.1 Å². The molecule has 0 heterocycles. The van der Waals surface area contributed by atoms with Gasteiger partial charge in [0.15, 0.2) is 11.9 Å². The van der Waals surface area contributed by atoms with E-state index in [1.54, 1.807) is 20.8 Å². The number of esters is 1. The van der Waals surface area contributed by atoms with E-state index in [9.17, 15) is 30.8 Å². The van der Waals surface area contributed by atoms with Crippen LogP contribution in [0.2, 0.25) is 0 Å². The van der Waals surface area contributed by atoms with Crippen molar-refractivity contribution in [2.24, 2.45) is 0 Å². The summed E-state index contributed by atoms with van der Waals surface area (Å²) < 4.78 is 93.8. The Labute approximate surface area is 195 Å². The molecular formula is C23H26F4O6S. The maximum Gasteiger partial charge on any atom is 0.534 e. The number of hydrogen-bond acceptors (Lipinski definition) is 6. The molecule has 0 amide bonds. The lowest BCUT2D eigenvalue weighted by Gasteiger charge is -2.29. The van der Waals surface area contributed by atoms with Crippen molar-refractivity contribution in [3.63, 3.8) is 0 Å². The Morgan fingerprint density at radius 3 is 2.21 bits per heavy atom. The zero-order valence-electron chi connectivity index (χ0n) is 19.6. The summed E-state index contributed by atoms with van der Waals surface area (Å²) in [4.78, 5) is 12.8. The van der Waals surface area contributed by atoms with Gasteiger partial charge in [0.25, 0.3) is 0 Å². The molecule has 0 aliphatic heterocycles. The number of alkyl halides is 3. The molecule has 0 aliphatic carbocycles. The molecule has 0 saturated heterocycles. The van der Waals surface area contributed by atoms with Crippen molar-refractivity contribution in [2.45, 2.75) is 58.8 Å². The van der Waals surface area contributed by atoms with Gasteiger partial charge in [-0.15, -0.1) is 0 Å². The van der Waals surface area contributed by atoms with E-state index in [4.69, 9.17) is 9.47 Å². The summed E-state index contributed by atoms with van der Waals surface area (Å²) in [5.74, 6) is -2.72. The van der Waals surface area contributed by atoms with Crippen LogP contribution in [0.25, 0.3) is 16.3 Å². The maximum absolute atomic E-state index is 14.8. The normalized spacial score (nSPS) is 13.6. The molecule has 0 bridgehead atoms. The van der Waals surface area contributed by atoms with E-state index in [2.05, 4.69) is 10.8 Å². The quantitative estimate of drug-likeness (QED) is 0.199. The Bertz CT molecular complexity index is 1230. The van der Waals surface area contributed by atoms with Crippen LogP contribution in [0.5, 0.6) is 5.75 Å². The molecule has 2 rings (SSSR count). The number of aryl methyl sites for hydroxylation is 1. The van der Waals surface area contributed by atoms with Crippen molar-refractivity contribution in [1.82, 2.24) is 0 Å². The average molecular weight is 507 g/mol. The standard InChI is InChI=1S/C23H26F4O6S/c1-8-31-21(28)20(32-22(5,6)7)18-13(4)9-14-10-15(12(2)3)17(24)11-16(14)19(18)33-34(29,30)23(25,26)27/h9-11,20H,2,8H2,1,3-7H3. The number of benzene rings is 2. The van der Waals surface area contributed by atoms with Gasteiger partial charge in [0, 0.05) is 16.5 Å². The summed E-state index contributed by atoms with van der Waals surface area (Å²) in [6.07, 6.45) is -1.66. The van der Waals surface area contributed by atoms with Gasteiger partial charge in [0.05, 0.1) is 12.2 Å². The molecule has 1 atom stereocenters. The second-order valence-corrected chi connectivity index (χ2v) is 10.2. The van der Waals surface area contributed by atoms with Gasteiger partial charge in [-0.1, -0.05) is 12.6 Å². The second kappa shape index (κ2) is 9.53. The predicted molar refractivity (Wildman–Crippen MR) is 119 cm³/mol. The number of hydrogen-bond donors (Lipinski definition) is 0. The first-order valence-corrected chi connectivity index (χ1v) is 11.6. The van der Waals surface area contributed by atoms with Crippen molar-refractivity contribution in [1.29, 1.82) is 0 Å². The van der Waals surface area contributed by atoms with Gasteiger partial charge in [-0.3, -0.25) is 0 Å². The van der Waals surface area contributed by atoms with Crippen molar-refractivity contribution in [3.8, 4) is 5.75 Å². The minimum Gasteiger partial charge on any atom is -0.464 e. The fraction of sp³-hybridized carbons (Fsp3) is 0.435. The lowest BCUT2D eigenvalue weighted by atomic mass is 9.93. The van der Waals surface area contributed by atoms with E-state index >= 15 is 0 Å². The topological polar surface area (TPSA) is 78.9 Å². The third kappa shape index (κ3) is 5.87. The first-order valence-electron chi connectivity index (χ1n) is 10.2. The largest absolute Gasteiger partial charge is 0.534 e. The van der Waals surface area contributed by atoms with Gasteiger partial charge in [-0.25, -0.2) is 9.18 Å². The molecule has 2 aromatic rings. The van der Waals surface area contributed by atoms with Crippen LogP contribution >= 0.6 is 0 Å². The third-order valence-corrected chi connectivity index (χ3v) is 5.55. The molecule has 1 unspecified atom stereocenters. The van der Waals surface area contributed by atoms with Gasteiger partial charge in [0.1, 0.15) is 5.82 Å². The van der Waals surface area contributed by atoms with Crippen molar-refractivity contribution >= 4 is 32.4 Å². The number of halogens is 4. The van der Waals surface area contributed by atoms with Crippen LogP contribution in [0, 0.1) is 12.7 Å². The molecule has 6 nitrogen and oxygen atoms in total. The van der Waals surface area contributed by atoms with E-state index in [1.807, 2.05) is 0 Å². The van der Waals surface area contributed by atoms with Crippen molar-refractivity contribution in [3.05, 3.63) is 47.3 Å². The molecule has 2 aromatic carbocycles. The SMILES string of the molecule is C=C(C)c1cc2cc(C)c(C(OC(C)(C)C)C(=O)OCC)c(OS(=O)(=O)C(F)(F)F)c2cc1F. The van der Waals surface area contributed by atoms with E-state index in [0.29, 0.717) is 5.57 Å². The zero-order valence-corrected chi connectivity index (χ0v) is 20.4. The Morgan fingerprint density at radius 1 is 1.15 bits per heavy atom. The minimum absolute atomic E-state index is 0.0803. The highest BCUT2D eigenvalue weighted by Gasteiger charge is 2.49. The number of carbonyl (C=O) groups is 1. The van der Waals surface area contributed by atoms with E-state index in [1.165, 1.54) is 32.9 Å². The van der Waals surface area contributed by atoms with Gasteiger partial charge in [-0.05, 0) is 70.2 Å². The summed E-state index contributed by atoms with van der Waals surface area (Å²) in [6, 6.07) is 3.60. The van der Waals surface area contributed by atoms with Gasteiger partial charge in [-0.2, -0.15) is 21.6 Å². The highest BCUT2D eigenvalue weighted by Crippen LogP contribution is 2.43. The maximum atomic E-state index is 14.8. The summed E-state index contributed by atoms with van der Waals surface area (Å²) >= 11 is 0. The Balaban J connectivity index is 3.00. The molecule has 0 aromatic heterocycles. The first-order chi connectivity index (χ1) is 15.4. The highest BCUT2D eigenvalue weighted by molar-refractivity contribution is 7.88. The minimum atomic E-state index is -6.18. The van der Waals surface area contributed by atoms with Crippen LogP contribution in [-0.2, 0) is 24.4 Å². The molecule has 0 N–H and O–H groups in total. The smallest absolute Gasteiger partial charge is 0.464 e. The summed E-state index contributed by atoms with van der Waals surface area (Å²) in [7, 11) is -6.18. The van der Waals surface area contributed by atoms with Crippen LogP contribution in [0.1, 0.15) is 57.4 Å². The zero-order chi connectivity index (χ0) is 26.2. The summed E-state index contributed by atoms with van der Waals surface area (Å²) in [6.45, 7) is 12.8. The number of ether oxygens (including phenoxy) is 2. The van der Waals surface area contributed by atoms with Gasteiger partial charge in [0.2, 0.25) is 0 Å². The number of allylic oxidation sites excluding steroid dienone is 1. The molecule has 34 heavy (non-hydrogen) atoms. The number of rotatable bonds is 7. The third-order valence-electron chi connectivity index (χ3n) is 4.60. The summed E-state index contributed by atoms with van der Waals surface area (Å²) in [5.41, 5.74) is -6.52. The van der Waals surface area contributed by atoms with Crippen LogP contribution < -0.4 is 4.18 Å². The number of fused-ring (bicyclic) bond motifs is 1. The van der Waals surface area contributed by atoms with Crippen molar-refractivity contribution in [2.75, 3.05) is 6.61 Å². The Kier molecular flexibility index (Phi) is 7.73. The Morgan fingerprint density at radius 2 is 1.74 bits per heavy atom. The number of carbonyl (C=O) groups excluding carboxylic acids is 1. The fourth-order valence-electron chi connectivity index (χ4n) is 3.24. The molecule has 0 saturated carbocycles. The molecule has 11 heteroatoms. The van der Waals surface area contributed by atoms with Crippen LogP contribution in [0.15, 0.2) is 24.8 Å². The second-order valence-electron chi connectivity index (χ2n) is 8.62. The van der Waals surface area contributed by atoms with Crippen LogP contribution in [0.3, 0.4) is 0 Å². The molecular weight excluding hydrogens is 480 g/mol. The van der Waals surface area contributed by atoms with E-state index in [0.717, 1.165) is 6.07 Å². The molecule has 0 radical (unpaired) electrons. The van der Waals surface area contributed by atoms with Gasteiger partial charge < -0.3 is 13.7 Å². The highest BCUT2D eigenvalue weighted by atomic mass is 32.2. The molecule has 0 spiro atoms. The lowest BCUT2D eigenvalue weighted by Crippen LogP contribution is -2.31. The lowest BCUT2D eigenvalue weighted by molar-refractivity contribution is -0.167. The fourth-order valence-corrected chi connectivity index (χ4v) is 3.73. The monoisotopic (exact) mass is 506 g/mol. The molecule has 0 fully saturated rings.